The number of benzene rings is 1. The van der Waals surface area contributed by atoms with E-state index in [4.69, 9.17) is 11.5 Å². The number of carbonyl (C=O) groups is 10. The Morgan fingerprint density at radius 3 is 1.68 bits per heavy atom. The highest BCUT2D eigenvalue weighted by Crippen LogP contribution is 2.13. The number of carboxylic acid groups (broad SMARTS) is 2. The molecule has 0 radical (unpaired) electrons. The quantitative estimate of drug-likeness (QED) is 0.0358. The number of hydrogen-bond donors (Lipinski definition) is 13. The molecule has 0 saturated carbocycles. The van der Waals surface area contributed by atoms with Crippen molar-refractivity contribution in [1.29, 1.82) is 0 Å². The highest BCUT2D eigenvalue weighted by atomic mass is 16.4. The fourth-order valence-electron chi connectivity index (χ4n) is 6.07. The topological polar surface area (TPSA) is 380 Å². The fourth-order valence-corrected chi connectivity index (χ4v) is 6.07. The first-order valence-electron chi connectivity index (χ1n) is 21.5. The number of phenols is 1. The van der Waals surface area contributed by atoms with Crippen molar-refractivity contribution in [2.24, 2.45) is 23.3 Å². The lowest BCUT2D eigenvalue weighted by Gasteiger charge is -2.27. The summed E-state index contributed by atoms with van der Waals surface area (Å²) in [6.45, 7) is 8.83. The summed E-state index contributed by atoms with van der Waals surface area (Å²) in [5.41, 5.74) is 11.6. The van der Waals surface area contributed by atoms with Crippen LogP contribution in [0, 0.1) is 11.8 Å². The van der Waals surface area contributed by atoms with Gasteiger partial charge in [0.2, 0.25) is 47.3 Å². The Labute approximate surface area is 378 Å². The molecule has 0 aromatic heterocycles. The number of carbonyl (C=O) groups excluding carboxylic acids is 8. The second-order valence-electron chi connectivity index (χ2n) is 16.2. The number of unbranched alkanes of at least 4 members (excludes halogenated alkanes) is 1. The van der Waals surface area contributed by atoms with Gasteiger partial charge < -0.3 is 69.3 Å². The summed E-state index contributed by atoms with van der Waals surface area (Å²) in [6.07, 6.45) is 0.643. The zero-order valence-electron chi connectivity index (χ0n) is 37.9. The number of nitrogens with two attached hydrogens (primary N) is 2. The van der Waals surface area contributed by atoms with Gasteiger partial charge in [0.05, 0.1) is 19.1 Å². The van der Waals surface area contributed by atoms with Crippen LogP contribution < -0.4 is 54.0 Å². The third kappa shape index (κ3) is 22.2. The molecule has 0 fully saturated rings. The van der Waals surface area contributed by atoms with E-state index < -0.39 is 133 Å². The molecule has 0 aliphatic rings. The number of nitrogens with one attached hydrogen (secondary N) is 8. The lowest BCUT2D eigenvalue weighted by Crippen LogP contribution is -2.58. The van der Waals surface area contributed by atoms with Gasteiger partial charge in [0.15, 0.2) is 0 Å². The van der Waals surface area contributed by atoms with Crippen LogP contribution in [-0.2, 0) is 54.4 Å². The summed E-state index contributed by atoms with van der Waals surface area (Å²) >= 11 is 0. The van der Waals surface area contributed by atoms with Gasteiger partial charge in [-0.2, -0.15) is 0 Å². The van der Waals surface area contributed by atoms with E-state index in [9.17, 15) is 63.3 Å². The first-order chi connectivity index (χ1) is 30.5. The Bertz CT molecular complexity index is 1790. The van der Waals surface area contributed by atoms with Gasteiger partial charge in [0.1, 0.15) is 42.0 Å². The first-order valence-corrected chi connectivity index (χ1v) is 21.5. The highest BCUT2D eigenvalue weighted by Gasteiger charge is 2.32. The Balaban J connectivity index is 3.00. The van der Waals surface area contributed by atoms with Crippen molar-refractivity contribution in [2.75, 3.05) is 19.6 Å². The molecule has 0 bridgehead atoms. The molecule has 1 rings (SSSR count). The summed E-state index contributed by atoms with van der Waals surface area (Å²) in [5.74, 6) is -9.54. The van der Waals surface area contributed by atoms with E-state index in [1.54, 1.807) is 27.7 Å². The van der Waals surface area contributed by atoms with Gasteiger partial charge in [0, 0.05) is 12.8 Å². The molecule has 1 aromatic rings. The van der Waals surface area contributed by atoms with Gasteiger partial charge >= 0.3 is 11.9 Å². The van der Waals surface area contributed by atoms with E-state index in [1.807, 2.05) is 0 Å². The van der Waals surface area contributed by atoms with E-state index in [0.29, 0.717) is 31.4 Å². The van der Waals surface area contributed by atoms with Crippen molar-refractivity contribution in [3.05, 3.63) is 29.8 Å². The monoisotopic (exact) mass is 920 g/mol. The molecule has 1 aromatic carbocycles. The summed E-state index contributed by atoms with van der Waals surface area (Å²) in [7, 11) is 0. The van der Waals surface area contributed by atoms with Crippen molar-refractivity contribution >= 4 is 59.2 Å². The van der Waals surface area contributed by atoms with Crippen LogP contribution in [0.3, 0.4) is 0 Å². The lowest BCUT2D eigenvalue weighted by atomic mass is 9.96. The minimum Gasteiger partial charge on any atom is -0.508 e. The summed E-state index contributed by atoms with van der Waals surface area (Å²) in [6, 6.07) is -2.89. The summed E-state index contributed by atoms with van der Waals surface area (Å²) in [5, 5.41) is 48.0. The third-order valence-electron chi connectivity index (χ3n) is 10.0. The molecule has 0 spiro atoms. The molecule has 23 heteroatoms. The van der Waals surface area contributed by atoms with E-state index in [-0.39, 0.29) is 30.9 Å². The van der Waals surface area contributed by atoms with Crippen LogP contribution >= 0.6 is 0 Å². The van der Waals surface area contributed by atoms with Gasteiger partial charge in [-0.05, 0) is 82.0 Å². The van der Waals surface area contributed by atoms with Crippen LogP contribution in [0.2, 0.25) is 0 Å². The SMILES string of the molecule is CC[C@H](C)[C@H](NC(=O)[C@H](CC(C)C)NC(=O)CNC(=O)[C@H](C)NC(=O)[C@H](CCC(=O)O)NC(=O)[C@H](Cc1ccc(O)cc1)NC(=O)[C@H](C)N)C(=O)NCC(=O)N[C@@H](CCCCN)C(=O)O. The van der Waals surface area contributed by atoms with Crippen LogP contribution in [-0.4, -0.2) is 136 Å². The number of rotatable bonds is 30. The minimum atomic E-state index is -1.50. The van der Waals surface area contributed by atoms with Crippen molar-refractivity contribution in [2.45, 2.75) is 135 Å². The maximum Gasteiger partial charge on any atom is 0.326 e. The van der Waals surface area contributed by atoms with Gasteiger partial charge in [0.25, 0.3) is 0 Å². The van der Waals surface area contributed by atoms with Crippen LogP contribution in [0.5, 0.6) is 5.75 Å². The second-order valence-corrected chi connectivity index (χ2v) is 16.2. The van der Waals surface area contributed by atoms with Crippen LogP contribution in [0.25, 0.3) is 0 Å². The summed E-state index contributed by atoms with van der Waals surface area (Å²) in [4.78, 5) is 128. The molecule has 0 unspecified atom stereocenters. The maximum atomic E-state index is 13.6. The molecule has 8 amide bonds. The van der Waals surface area contributed by atoms with Crippen LogP contribution in [0.1, 0.15) is 92.1 Å². The highest BCUT2D eigenvalue weighted by molar-refractivity contribution is 5.97. The number of phenolic OH excluding ortho intramolecular Hbond substituents is 1. The van der Waals surface area contributed by atoms with Crippen molar-refractivity contribution in [1.82, 2.24) is 42.5 Å². The third-order valence-corrected chi connectivity index (χ3v) is 10.0. The van der Waals surface area contributed by atoms with Crippen molar-refractivity contribution in [3.63, 3.8) is 0 Å². The number of carboxylic acids is 2. The molecule has 23 nitrogen and oxygen atoms in total. The number of hydrogen-bond acceptors (Lipinski definition) is 13. The maximum absolute atomic E-state index is 13.6. The number of aromatic hydroxyl groups is 1. The van der Waals surface area contributed by atoms with Crippen LogP contribution in [0.15, 0.2) is 24.3 Å². The Morgan fingerprint density at radius 1 is 0.615 bits per heavy atom. The molecule has 0 aliphatic carbocycles. The minimum absolute atomic E-state index is 0.0430. The van der Waals surface area contributed by atoms with Crippen molar-refractivity contribution in [3.8, 4) is 5.75 Å². The Hall–Kier alpha value is -6.36. The zero-order valence-corrected chi connectivity index (χ0v) is 37.9. The molecular formula is C42H68N10O13. The zero-order chi connectivity index (χ0) is 49.4. The standard InChI is InChI=1S/C42H68N10O13/c1-7-23(4)35(41(63)46-21-32(54)48-29(42(64)65)10-8-9-17-43)52-40(62)30(18-22(2)3)49-33(55)20-45-37(59)25(6)47-38(60)28(15-16-34(56)57)50-39(61)31(51-36(58)24(5)44)19-26-11-13-27(53)14-12-26/h11-14,22-25,28-31,35,53H,7-10,15-21,43-44H2,1-6H3,(H,45,59)(H,46,63)(H,47,60)(H,48,54)(H,49,55)(H,50,61)(H,51,58)(H,52,62)(H,56,57)(H,64,65)/t23-,24-,25-,28-,29-,30-,31-,35-/m0/s1. The van der Waals surface area contributed by atoms with Gasteiger partial charge in [-0.1, -0.05) is 46.2 Å². The summed E-state index contributed by atoms with van der Waals surface area (Å²) < 4.78 is 0. The molecule has 0 heterocycles. The predicted molar refractivity (Wildman–Crippen MR) is 235 cm³/mol. The molecule has 364 valence electrons. The first kappa shape index (κ1) is 56.7. The van der Waals surface area contributed by atoms with Crippen LogP contribution in [0.4, 0.5) is 0 Å². The molecule has 15 N–H and O–H groups in total. The number of aliphatic carboxylic acids is 2. The molecular weight excluding hydrogens is 853 g/mol. The lowest BCUT2D eigenvalue weighted by molar-refractivity contribution is -0.142. The number of amides is 8. The van der Waals surface area contributed by atoms with Gasteiger partial charge in [-0.15, -0.1) is 0 Å². The fraction of sp³-hybridized carbons (Fsp3) is 0.619. The van der Waals surface area contributed by atoms with Gasteiger partial charge in [-0.25, -0.2) is 4.79 Å². The average Bonchev–Trinajstić information content (AvgIpc) is 3.24. The molecule has 0 saturated heterocycles. The van der Waals surface area contributed by atoms with Crippen molar-refractivity contribution < 1.29 is 63.3 Å². The molecule has 8 atom stereocenters. The average molecular weight is 921 g/mol. The van der Waals surface area contributed by atoms with E-state index in [0.717, 1.165) is 0 Å². The van der Waals surface area contributed by atoms with E-state index in [2.05, 4.69) is 42.5 Å². The molecule has 0 aliphatic heterocycles. The predicted octanol–water partition coefficient (Wildman–Crippen LogP) is -2.39. The normalized spacial score (nSPS) is 14.7. The Morgan fingerprint density at radius 2 is 1.15 bits per heavy atom. The van der Waals surface area contributed by atoms with E-state index >= 15 is 0 Å². The van der Waals surface area contributed by atoms with Gasteiger partial charge in [-0.3, -0.25) is 43.2 Å². The van der Waals surface area contributed by atoms with E-state index in [1.165, 1.54) is 38.1 Å². The Kier molecular flexibility index (Phi) is 25.4. The largest absolute Gasteiger partial charge is 0.508 e. The molecule has 65 heavy (non-hydrogen) atoms. The smallest absolute Gasteiger partial charge is 0.326 e. The second kappa shape index (κ2) is 29.2.